The predicted octanol–water partition coefficient (Wildman–Crippen LogP) is 4.44. The zero-order valence-electron chi connectivity index (χ0n) is 15.1. The Morgan fingerprint density at radius 3 is 2.44 bits per heavy atom. The summed E-state index contributed by atoms with van der Waals surface area (Å²) in [5, 5.41) is 0. The minimum Gasteiger partial charge on any atom is -0.376 e. The summed E-state index contributed by atoms with van der Waals surface area (Å²) in [7, 11) is -1.95. The molecule has 1 saturated carbocycles. The summed E-state index contributed by atoms with van der Waals surface area (Å²) in [4.78, 5) is 0.253. The SMILES string of the molecule is COC(C1=CCC/C1=N\S(=O)(=O)c1ccc(C)cc1)C1CCCCC1. The zero-order chi connectivity index (χ0) is 17.9. The summed E-state index contributed by atoms with van der Waals surface area (Å²) in [6.07, 6.45) is 9.63. The van der Waals surface area contributed by atoms with E-state index >= 15 is 0 Å². The smallest absolute Gasteiger partial charge is 0.282 e. The Kier molecular flexibility index (Phi) is 5.74. The van der Waals surface area contributed by atoms with Crippen molar-refractivity contribution in [1.82, 2.24) is 0 Å². The van der Waals surface area contributed by atoms with E-state index in [1.54, 1.807) is 31.4 Å². The molecule has 1 atom stereocenters. The van der Waals surface area contributed by atoms with Crippen LogP contribution in [0.2, 0.25) is 0 Å². The first-order valence-corrected chi connectivity index (χ1v) is 10.6. The van der Waals surface area contributed by atoms with Gasteiger partial charge in [-0.25, -0.2) is 0 Å². The highest BCUT2D eigenvalue weighted by atomic mass is 32.2. The molecular formula is C20H27NO3S. The molecule has 5 heteroatoms. The van der Waals surface area contributed by atoms with Crippen molar-refractivity contribution in [2.24, 2.45) is 10.3 Å². The normalized spacial score (nSPS) is 22.2. The Morgan fingerprint density at radius 1 is 1.12 bits per heavy atom. The van der Waals surface area contributed by atoms with Crippen LogP contribution in [0, 0.1) is 12.8 Å². The Hall–Kier alpha value is -1.46. The topological polar surface area (TPSA) is 55.7 Å². The predicted molar refractivity (Wildman–Crippen MR) is 100 cm³/mol. The van der Waals surface area contributed by atoms with Gasteiger partial charge in [0, 0.05) is 7.11 Å². The Morgan fingerprint density at radius 2 is 1.80 bits per heavy atom. The summed E-state index contributed by atoms with van der Waals surface area (Å²) >= 11 is 0. The van der Waals surface area contributed by atoms with E-state index < -0.39 is 10.0 Å². The molecule has 1 fully saturated rings. The van der Waals surface area contributed by atoms with Crippen LogP contribution in [-0.2, 0) is 14.8 Å². The van der Waals surface area contributed by atoms with E-state index in [4.69, 9.17) is 4.74 Å². The quantitative estimate of drug-likeness (QED) is 0.779. The number of methoxy groups -OCH3 is 1. The summed E-state index contributed by atoms with van der Waals surface area (Å²) in [5.41, 5.74) is 2.70. The zero-order valence-corrected chi connectivity index (χ0v) is 15.9. The molecule has 2 aliphatic carbocycles. The standard InChI is InChI=1S/C20H27NO3S/c1-15-11-13-17(14-12-15)25(22,23)21-19-10-6-9-18(19)20(24-2)16-7-4-3-5-8-16/h9,11-14,16,20H,3-8,10H2,1-2H3/b21-19+. The average Bonchev–Trinajstić information content (AvgIpc) is 3.04. The van der Waals surface area contributed by atoms with Crippen LogP contribution in [0.1, 0.15) is 50.5 Å². The molecule has 136 valence electrons. The molecule has 1 aromatic rings. The summed E-state index contributed by atoms with van der Waals surface area (Å²) in [5.74, 6) is 0.468. The number of ether oxygens (including phenoxy) is 1. The van der Waals surface area contributed by atoms with Gasteiger partial charge >= 0.3 is 0 Å². The third kappa shape index (κ3) is 4.21. The lowest BCUT2D eigenvalue weighted by Gasteiger charge is -2.30. The van der Waals surface area contributed by atoms with Crippen molar-refractivity contribution in [1.29, 1.82) is 0 Å². The molecule has 1 unspecified atom stereocenters. The minimum atomic E-state index is -3.67. The van der Waals surface area contributed by atoms with Crippen LogP contribution >= 0.6 is 0 Å². The summed E-state index contributed by atoms with van der Waals surface area (Å²) in [6, 6.07) is 6.86. The van der Waals surface area contributed by atoms with Crippen LogP contribution in [-0.4, -0.2) is 27.3 Å². The largest absolute Gasteiger partial charge is 0.376 e. The average molecular weight is 362 g/mol. The van der Waals surface area contributed by atoms with Crippen molar-refractivity contribution in [3.05, 3.63) is 41.5 Å². The van der Waals surface area contributed by atoms with Crippen molar-refractivity contribution in [2.45, 2.75) is 62.9 Å². The van der Waals surface area contributed by atoms with Crippen LogP contribution in [0.3, 0.4) is 0 Å². The second kappa shape index (κ2) is 7.83. The molecule has 0 aliphatic heterocycles. The van der Waals surface area contributed by atoms with Crippen LogP contribution < -0.4 is 0 Å². The maximum atomic E-state index is 12.7. The number of aryl methyl sites for hydroxylation is 1. The van der Waals surface area contributed by atoms with Gasteiger partial charge in [0.1, 0.15) is 0 Å². The maximum absolute atomic E-state index is 12.7. The second-order valence-electron chi connectivity index (χ2n) is 7.08. The van der Waals surface area contributed by atoms with Gasteiger partial charge in [-0.15, -0.1) is 0 Å². The van der Waals surface area contributed by atoms with Gasteiger partial charge in [0.05, 0.1) is 16.7 Å². The highest BCUT2D eigenvalue weighted by Crippen LogP contribution is 2.34. The monoisotopic (exact) mass is 361 g/mol. The molecule has 0 aromatic heterocycles. The van der Waals surface area contributed by atoms with E-state index in [2.05, 4.69) is 10.5 Å². The van der Waals surface area contributed by atoms with E-state index in [0.717, 1.165) is 30.4 Å². The number of hydrogen-bond donors (Lipinski definition) is 0. The third-order valence-corrected chi connectivity index (χ3v) is 6.59. The van der Waals surface area contributed by atoms with E-state index in [1.807, 2.05) is 6.92 Å². The van der Waals surface area contributed by atoms with Gasteiger partial charge < -0.3 is 4.74 Å². The summed E-state index contributed by atoms with van der Waals surface area (Å²) < 4.78 is 35.3. The number of allylic oxidation sites excluding steroid dienone is 1. The Balaban J connectivity index is 1.86. The molecule has 0 heterocycles. The van der Waals surface area contributed by atoms with E-state index in [0.29, 0.717) is 18.1 Å². The van der Waals surface area contributed by atoms with Crippen molar-refractivity contribution >= 4 is 15.7 Å². The molecule has 0 radical (unpaired) electrons. The maximum Gasteiger partial charge on any atom is 0.282 e. The van der Waals surface area contributed by atoms with Crippen molar-refractivity contribution in [3.8, 4) is 0 Å². The highest BCUT2D eigenvalue weighted by Gasteiger charge is 2.31. The lowest BCUT2D eigenvalue weighted by Crippen LogP contribution is -2.29. The summed E-state index contributed by atoms with van der Waals surface area (Å²) in [6.45, 7) is 1.94. The lowest BCUT2D eigenvalue weighted by molar-refractivity contribution is 0.0675. The van der Waals surface area contributed by atoms with Gasteiger partial charge in [0.15, 0.2) is 0 Å². The number of sulfonamides is 1. The van der Waals surface area contributed by atoms with Crippen molar-refractivity contribution in [3.63, 3.8) is 0 Å². The van der Waals surface area contributed by atoms with Gasteiger partial charge in [-0.2, -0.15) is 12.8 Å². The fraction of sp³-hybridized carbons (Fsp3) is 0.550. The van der Waals surface area contributed by atoms with Crippen molar-refractivity contribution < 1.29 is 13.2 Å². The first-order valence-electron chi connectivity index (χ1n) is 9.15. The lowest BCUT2D eigenvalue weighted by atomic mass is 9.82. The fourth-order valence-electron chi connectivity index (χ4n) is 3.92. The van der Waals surface area contributed by atoms with E-state index in [-0.39, 0.29) is 11.0 Å². The molecule has 0 N–H and O–H groups in total. The molecule has 0 amide bonds. The molecule has 0 saturated heterocycles. The van der Waals surface area contributed by atoms with Gasteiger partial charge in [-0.1, -0.05) is 43.0 Å². The van der Waals surface area contributed by atoms with Crippen LogP contribution in [0.4, 0.5) is 0 Å². The van der Waals surface area contributed by atoms with Gasteiger partial charge in [0.2, 0.25) is 0 Å². The van der Waals surface area contributed by atoms with Gasteiger partial charge in [-0.05, 0) is 56.2 Å². The first kappa shape index (κ1) is 18.3. The number of hydrogen-bond acceptors (Lipinski definition) is 3. The highest BCUT2D eigenvalue weighted by molar-refractivity contribution is 7.90. The van der Waals surface area contributed by atoms with Crippen LogP contribution in [0.15, 0.2) is 45.2 Å². The molecule has 1 aromatic carbocycles. The molecule has 0 spiro atoms. The van der Waals surface area contributed by atoms with Crippen LogP contribution in [0.5, 0.6) is 0 Å². The van der Waals surface area contributed by atoms with Gasteiger partial charge in [0.25, 0.3) is 10.0 Å². The fourth-order valence-corrected chi connectivity index (χ4v) is 5.00. The Labute approximate surface area is 151 Å². The van der Waals surface area contributed by atoms with E-state index in [9.17, 15) is 8.42 Å². The van der Waals surface area contributed by atoms with Crippen molar-refractivity contribution in [2.75, 3.05) is 7.11 Å². The molecule has 3 rings (SSSR count). The number of rotatable bonds is 5. The number of nitrogens with zero attached hydrogens (tertiary/aromatic N) is 1. The van der Waals surface area contributed by atoms with Gasteiger partial charge in [-0.3, -0.25) is 0 Å². The van der Waals surface area contributed by atoms with E-state index in [1.165, 1.54) is 19.3 Å². The minimum absolute atomic E-state index is 0.0326. The molecular weight excluding hydrogens is 334 g/mol. The van der Waals surface area contributed by atoms with Crippen LogP contribution in [0.25, 0.3) is 0 Å². The molecule has 4 nitrogen and oxygen atoms in total. The Bertz CT molecular complexity index is 757. The third-order valence-electron chi connectivity index (χ3n) is 5.27. The molecule has 2 aliphatic rings. The number of benzene rings is 1. The molecule has 25 heavy (non-hydrogen) atoms. The molecule has 0 bridgehead atoms. The second-order valence-corrected chi connectivity index (χ2v) is 8.68. The first-order chi connectivity index (χ1) is 12.0.